The lowest BCUT2D eigenvalue weighted by molar-refractivity contribution is -0.137. The fraction of sp³-hybridized carbons (Fsp3) is 0.571. The second-order valence-electron chi connectivity index (χ2n) is 4.89. The standard InChI is InChI=1S/C14H18F3NO2S/c1-2-18-12-6-7-20-9-13(12)21(19)11-5-3-4-10(8-11)14(15,16)17/h3-5,8,12-13,18H,2,6-7,9H2,1H3. The minimum absolute atomic E-state index is 0.000809. The zero-order valence-electron chi connectivity index (χ0n) is 11.7. The van der Waals surface area contributed by atoms with Crippen LogP contribution in [-0.4, -0.2) is 35.3 Å². The van der Waals surface area contributed by atoms with Crippen LogP contribution in [0.25, 0.3) is 0 Å². The Bertz CT molecular complexity index is 505. The number of benzene rings is 1. The van der Waals surface area contributed by atoms with Crippen molar-refractivity contribution >= 4 is 10.8 Å². The van der Waals surface area contributed by atoms with E-state index in [4.69, 9.17) is 4.74 Å². The molecule has 1 N–H and O–H groups in total. The van der Waals surface area contributed by atoms with E-state index in [9.17, 15) is 17.4 Å². The van der Waals surface area contributed by atoms with Crippen LogP contribution in [0.4, 0.5) is 13.2 Å². The van der Waals surface area contributed by atoms with Crippen LogP contribution in [0.15, 0.2) is 29.2 Å². The van der Waals surface area contributed by atoms with Crippen molar-refractivity contribution in [3.63, 3.8) is 0 Å². The van der Waals surface area contributed by atoms with Gasteiger partial charge in [-0.1, -0.05) is 13.0 Å². The molecular formula is C14H18F3NO2S. The first-order chi connectivity index (χ1) is 9.93. The molecule has 1 fully saturated rings. The summed E-state index contributed by atoms with van der Waals surface area (Å²) < 4.78 is 56.1. The van der Waals surface area contributed by atoms with Crippen molar-refractivity contribution in [1.82, 2.24) is 5.32 Å². The largest absolute Gasteiger partial charge is 0.416 e. The second-order valence-corrected chi connectivity index (χ2v) is 6.56. The second kappa shape index (κ2) is 6.89. The summed E-state index contributed by atoms with van der Waals surface area (Å²) in [5.41, 5.74) is -0.773. The number of halogens is 3. The fourth-order valence-electron chi connectivity index (χ4n) is 2.39. The molecule has 3 atom stereocenters. The lowest BCUT2D eigenvalue weighted by atomic mass is 10.1. The Morgan fingerprint density at radius 2 is 2.19 bits per heavy atom. The molecule has 2 rings (SSSR count). The number of alkyl halides is 3. The maximum atomic E-state index is 12.7. The molecule has 0 aliphatic carbocycles. The van der Waals surface area contributed by atoms with Gasteiger partial charge in [0.2, 0.25) is 0 Å². The van der Waals surface area contributed by atoms with Gasteiger partial charge in [-0.05, 0) is 31.2 Å². The Labute approximate surface area is 124 Å². The first-order valence-corrected chi connectivity index (χ1v) is 8.03. The van der Waals surface area contributed by atoms with Gasteiger partial charge in [-0.15, -0.1) is 0 Å². The van der Waals surface area contributed by atoms with Gasteiger partial charge in [0.15, 0.2) is 0 Å². The summed E-state index contributed by atoms with van der Waals surface area (Å²) in [4.78, 5) is 0.197. The maximum absolute atomic E-state index is 12.7. The smallest absolute Gasteiger partial charge is 0.380 e. The van der Waals surface area contributed by atoms with Crippen LogP contribution in [-0.2, 0) is 21.7 Å². The van der Waals surface area contributed by atoms with Gasteiger partial charge in [-0.2, -0.15) is 13.2 Å². The SMILES string of the molecule is CCNC1CCOCC1S(=O)c1cccc(C(F)(F)F)c1. The van der Waals surface area contributed by atoms with E-state index in [1.165, 1.54) is 12.1 Å². The quantitative estimate of drug-likeness (QED) is 0.926. The third-order valence-electron chi connectivity index (χ3n) is 3.44. The molecule has 0 bridgehead atoms. The lowest BCUT2D eigenvalue weighted by Gasteiger charge is -2.31. The molecule has 1 aromatic rings. The molecule has 0 radical (unpaired) electrons. The summed E-state index contributed by atoms with van der Waals surface area (Å²) >= 11 is 0. The summed E-state index contributed by atoms with van der Waals surface area (Å²) in [5.74, 6) is 0. The number of hydrogen-bond acceptors (Lipinski definition) is 3. The van der Waals surface area contributed by atoms with Crippen molar-refractivity contribution in [3.8, 4) is 0 Å². The normalized spacial score (nSPS) is 24.8. The molecule has 1 aliphatic heterocycles. The van der Waals surface area contributed by atoms with Crippen molar-refractivity contribution in [2.24, 2.45) is 0 Å². The molecule has 0 aromatic heterocycles. The van der Waals surface area contributed by atoms with Crippen molar-refractivity contribution in [2.45, 2.75) is 35.7 Å². The molecule has 0 saturated carbocycles. The molecular weight excluding hydrogens is 303 g/mol. The Kier molecular flexibility index (Phi) is 5.40. The Morgan fingerprint density at radius 3 is 2.86 bits per heavy atom. The molecule has 118 valence electrons. The van der Waals surface area contributed by atoms with E-state index in [1.54, 1.807) is 0 Å². The number of nitrogens with one attached hydrogen (secondary N) is 1. The topological polar surface area (TPSA) is 38.3 Å². The van der Waals surface area contributed by atoms with Gasteiger partial charge in [0.25, 0.3) is 0 Å². The predicted molar refractivity (Wildman–Crippen MR) is 74.5 cm³/mol. The van der Waals surface area contributed by atoms with E-state index in [0.717, 1.165) is 18.7 Å². The van der Waals surface area contributed by atoms with Gasteiger partial charge in [-0.25, -0.2) is 0 Å². The number of hydrogen-bond donors (Lipinski definition) is 1. The highest BCUT2D eigenvalue weighted by Crippen LogP contribution is 2.31. The molecule has 3 unspecified atom stereocenters. The predicted octanol–water partition coefficient (Wildman–Crippen LogP) is 2.58. The first-order valence-electron chi connectivity index (χ1n) is 6.82. The van der Waals surface area contributed by atoms with Crippen LogP contribution in [0.2, 0.25) is 0 Å². The van der Waals surface area contributed by atoms with Crippen LogP contribution in [0.5, 0.6) is 0 Å². The van der Waals surface area contributed by atoms with E-state index in [1.807, 2.05) is 6.92 Å². The van der Waals surface area contributed by atoms with Crippen molar-refractivity contribution in [1.29, 1.82) is 0 Å². The summed E-state index contributed by atoms with van der Waals surface area (Å²) in [6.07, 6.45) is -3.71. The summed E-state index contributed by atoms with van der Waals surface area (Å²) in [5, 5.41) is 2.90. The zero-order valence-corrected chi connectivity index (χ0v) is 12.5. The number of rotatable bonds is 4. The molecule has 0 amide bonds. The average Bonchev–Trinajstić information content (AvgIpc) is 2.47. The van der Waals surface area contributed by atoms with Crippen LogP contribution >= 0.6 is 0 Å². The first kappa shape index (κ1) is 16.5. The van der Waals surface area contributed by atoms with Crippen LogP contribution < -0.4 is 5.32 Å². The maximum Gasteiger partial charge on any atom is 0.416 e. The minimum Gasteiger partial charge on any atom is -0.380 e. The number of ether oxygens (including phenoxy) is 1. The lowest BCUT2D eigenvalue weighted by Crippen LogP contribution is -2.48. The van der Waals surface area contributed by atoms with Crippen LogP contribution in [0, 0.1) is 0 Å². The molecule has 1 aromatic carbocycles. The third-order valence-corrected chi connectivity index (χ3v) is 5.17. The highest BCUT2D eigenvalue weighted by molar-refractivity contribution is 7.85. The Morgan fingerprint density at radius 1 is 1.43 bits per heavy atom. The van der Waals surface area contributed by atoms with Gasteiger partial charge < -0.3 is 10.1 Å². The molecule has 3 nitrogen and oxygen atoms in total. The molecule has 1 aliphatic rings. The van der Waals surface area contributed by atoms with E-state index in [-0.39, 0.29) is 16.2 Å². The van der Waals surface area contributed by atoms with E-state index in [0.29, 0.717) is 19.6 Å². The molecule has 1 saturated heterocycles. The molecule has 7 heteroatoms. The Hall–Kier alpha value is -0.920. The van der Waals surface area contributed by atoms with E-state index < -0.39 is 22.5 Å². The molecule has 21 heavy (non-hydrogen) atoms. The highest BCUT2D eigenvalue weighted by Gasteiger charge is 2.34. The van der Waals surface area contributed by atoms with Gasteiger partial charge >= 0.3 is 6.18 Å². The zero-order chi connectivity index (χ0) is 15.5. The van der Waals surface area contributed by atoms with Gasteiger partial charge in [0.1, 0.15) is 0 Å². The van der Waals surface area contributed by atoms with Crippen molar-refractivity contribution in [2.75, 3.05) is 19.8 Å². The van der Waals surface area contributed by atoms with Crippen molar-refractivity contribution in [3.05, 3.63) is 29.8 Å². The van der Waals surface area contributed by atoms with Crippen LogP contribution in [0.3, 0.4) is 0 Å². The third kappa shape index (κ3) is 4.05. The van der Waals surface area contributed by atoms with Crippen LogP contribution in [0.1, 0.15) is 18.9 Å². The average molecular weight is 321 g/mol. The summed E-state index contributed by atoms with van der Waals surface area (Å²) in [6, 6.07) is 4.72. The van der Waals surface area contributed by atoms with E-state index in [2.05, 4.69) is 5.32 Å². The highest BCUT2D eigenvalue weighted by atomic mass is 32.2. The molecule has 1 heterocycles. The monoisotopic (exact) mass is 321 g/mol. The van der Waals surface area contributed by atoms with Gasteiger partial charge in [0.05, 0.1) is 28.2 Å². The fourth-order valence-corrected chi connectivity index (χ4v) is 3.95. The molecule has 0 spiro atoms. The van der Waals surface area contributed by atoms with Gasteiger partial charge in [-0.3, -0.25) is 4.21 Å². The van der Waals surface area contributed by atoms with E-state index >= 15 is 0 Å². The minimum atomic E-state index is -4.43. The summed E-state index contributed by atoms with van der Waals surface area (Å²) in [7, 11) is -1.53. The summed E-state index contributed by atoms with van der Waals surface area (Å²) in [6.45, 7) is 3.54. The van der Waals surface area contributed by atoms with Gasteiger partial charge in [0, 0.05) is 17.5 Å². The Balaban J connectivity index is 2.22. The van der Waals surface area contributed by atoms with Crippen molar-refractivity contribution < 1.29 is 22.1 Å².